The summed E-state index contributed by atoms with van der Waals surface area (Å²) in [5, 5.41) is 24.1. The van der Waals surface area contributed by atoms with Crippen LogP contribution in [0.3, 0.4) is 0 Å². The van der Waals surface area contributed by atoms with Crippen LogP contribution >= 0.6 is 11.6 Å². The minimum atomic E-state index is 0.290. The van der Waals surface area contributed by atoms with Crippen molar-refractivity contribution < 1.29 is 9.47 Å². The molecule has 0 spiro atoms. The molecule has 0 aliphatic carbocycles. The maximum atomic E-state index is 9.39. The summed E-state index contributed by atoms with van der Waals surface area (Å²) < 4.78 is 10.7. The van der Waals surface area contributed by atoms with Gasteiger partial charge in [0.1, 0.15) is 5.75 Å². The first-order chi connectivity index (χ1) is 15.1. The molecule has 3 aromatic rings. The van der Waals surface area contributed by atoms with Gasteiger partial charge in [-0.05, 0) is 48.7 Å². The van der Waals surface area contributed by atoms with E-state index in [9.17, 15) is 5.26 Å². The molecule has 1 aliphatic heterocycles. The number of methoxy groups -OCH3 is 2. The van der Waals surface area contributed by atoms with Crippen LogP contribution in [0.5, 0.6) is 5.75 Å². The molecule has 2 heterocycles. The Kier molecular flexibility index (Phi) is 6.40. The van der Waals surface area contributed by atoms with Gasteiger partial charge < -0.3 is 19.7 Å². The number of nitriles is 1. The number of nitrogens with zero attached hydrogens (tertiary/aromatic N) is 4. The summed E-state index contributed by atoms with van der Waals surface area (Å²) >= 11 is 6.24. The van der Waals surface area contributed by atoms with Crippen LogP contribution in [-0.2, 0) is 11.3 Å². The van der Waals surface area contributed by atoms with Crippen molar-refractivity contribution in [3.8, 4) is 11.8 Å². The molecule has 1 saturated heterocycles. The van der Waals surface area contributed by atoms with Crippen molar-refractivity contribution in [3.63, 3.8) is 0 Å². The van der Waals surface area contributed by atoms with Crippen molar-refractivity contribution in [2.45, 2.75) is 25.5 Å². The molecule has 31 heavy (non-hydrogen) atoms. The quantitative estimate of drug-likeness (QED) is 0.612. The Morgan fingerprint density at radius 3 is 2.61 bits per heavy atom. The number of nitrogens with one attached hydrogen (secondary N) is 1. The van der Waals surface area contributed by atoms with Gasteiger partial charge in [-0.25, -0.2) is 0 Å². The number of hydrogen-bond acceptors (Lipinski definition) is 7. The van der Waals surface area contributed by atoms with Crippen LogP contribution in [0.15, 0.2) is 36.4 Å². The number of fused-ring (bicyclic) bond motifs is 1. The average molecular weight is 438 g/mol. The number of ether oxygens (including phenoxy) is 2. The number of piperidine rings is 1. The Bertz CT molecular complexity index is 1120. The number of benzene rings is 2. The molecular weight excluding hydrogens is 414 g/mol. The lowest BCUT2D eigenvalue weighted by atomic mass is 10.1. The molecule has 0 atom stereocenters. The Hall–Kier alpha value is -3.08. The highest BCUT2D eigenvalue weighted by molar-refractivity contribution is 6.32. The Labute approximate surface area is 186 Å². The molecule has 0 unspecified atom stereocenters. The number of hydrogen-bond donors (Lipinski definition) is 1. The number of rotatable bonds is 6. The molecule has 7 nitrogen and oxygen atoms in total. The number of anilines is 2. The highest BCUT2D eigenvalue weighted by Crippen LogP contribution is 2.32. The van der Waals surface area contributed by atoms with Gasteiger partial charge in [0.2, 0.25) is 0 Å². The second kappa shape index (κ2) is 9.38. The SMILES string of the molecule is COc1ccc(CNc2nnc(N3CCC(OC)CC3)c3ccc(C#N)cc23)cc1Cl. The molecule has 160 valence electrons. The van der Waals surface area contributed by atoms with Crippen LogP contribution in [0, 0.1) is 11.3 Å². The summed E-state index contributed by atoms with van der Waals surface area (Å²) in [5.74, 6) is 2.11. The highest BCUT2D eigenvalue weighted by Gasteiger charge is 2.22. The Balaban J connectivity index is 1.63. The van der Waals surface area contributed by atoms with Gasteiger partial charge in [0.15, 0.2) is 11.6 Å². The van der Waals surface area contributed by atoms with Crippen LogP contribution in [0.4, 0.5) is 11.6 Å². The van der Waals surface area contributed by atoms with Gasteiger partial charge in [0, 0.05) is 37.5 Å². The summed E-state index contributed by atoms with van der Waals surface area (Å²) in [5.41, 5.74) is 1.57. The third-order valence-corrected chi connectivity index (χ3v) is 5.94. The second-order valence-electron chi connectivity index (χ2n) is 7.49. The van der Waals surface area contributed by atoms with E-state index in [-0.39, 0.29) is 6.10 Å². The molecule has 0 amide bonds. The molecule has 1 N–H and O–H groups in total. The maximum absolute atomic E-state index is 9.39. The van der Waals surface area contributed by atoms with Gasteiger partial charge in [-0.3, -0.25) is 0 Å². The van der Waals surface area contributed by atoms with E-state index >= 15 is 0 Å². The first kappa shape index (κ1) is 21.2. The lowest BCUT2D eigenvalue weighted by molar-refractivity contribution is 0.0818. The zero-order chi connectivity index (χ0) is 21.8. The lowest BCUT2D eigenvalue weighted by Crippen LogP contribution is -2.37. The minimum Gasteiger partial charge on any atom is -0.495 e. The van der Waals surface area contributed by atoms with Crippen LogP contribution in [0.25, 0.3) is 10.8 Å². The number of aromatic nitrogens is 2. The molecular formula is C23H24ClN5O2. The summed E-state index contributed by atoms with van der Waals surface area (Å²) in [6.07, 6.45) is 2.19. The van der Waals surface area contributed by atoms with E-state index in [1.807, 2.05) is 36.4 Å². The molecule has 0 bridgehead atoms. The second-order valence-corrected chi connectivity index (χ2v) is 7.90. The molecule has 0 radical (unpaired) electrons. The maximum Gasteiger partial charge on any atom is 0.159 e. The van der Waals surface area contributed by atoms with Crippen LogP contribution < -0.4 is 15.0 Å². The summed E-state index contributed by atoms with van der Waals surface area (Å²) in [4.78, 5) is 2.24. The van der Waals surface area contributed by atoms with Crippen LogP contribution in [0.2, 0.25) is 5.02 Å². The van der Waals surface area contributed by atoms with Crippen molar-refractivity contribution in [2.24, 2.45) is 0 Å². The molecule has 1 fully saturated rings. The van der Waals surface area contributed by atoms with Crippen molar-refractivity contribution in [2.75, 3.05) is 37.5 Å². The van der Waals surface area contributed by atoms with E-state index < -0.39 is 0 Å². The first-order valence-corrected chi connectivity index (χ1v) is 10.5. The third-order valence-electron chi connectivity index (χ3n) is 5.64. The van der Waals surface area contributed by atoms with E-state index in [2.05, 4.69) is 26.5 Å². The van der Waals surface area contributed by atoms with Crippen molar-refractivity contribution in [1.82, 2.24) is 10.2 Å². The van der Waals surface area contributed by atoms with Gasteiger partial charge in [-0.2, -0.15) is 5.26 Å². The smallest absolute Gasteiger partial charge is 0.159 e. The van der Waals surface area contributed by atoms with Gasteiger partial charge in [-0.15, -0.1) is 10.2 Å². The average Bonchev–Trinajstić information content (AvgIpc) is 2.82. The first-order valence-electron chi connectivity index (χ1n) is 10.2. The molecule has 1 aromatic heterocycles. The predicted molar refractivity (Wildman–Crippen MR) is 122 cm³/mol. The fraction of sp³-hybridized carbons (Fsp3) is 0.348. The van der Waals surface area contributed by atoms with Gasteiger partial charge in [-0.1, -0.05) is 17.7 Å². The molecule has 2 aromatic carbocycles. The van der Waals surface area contributed by atoms with Crippen molar-refractivity contribution in [1.29, 1.82) is 5.26 Å². The number of halogens is 1. The topological polar surface area (TPSA) is 83.3 Å². The van der Waals surface area contributed by atoms with E-state index in [0.717, 1.165) is 48.1 Å². The van der Waals surface area contributed by atoms with Gasteiger partial charge in [0.25, 0.3) is 0 Å². The van der Waals surface area contributed by atoms with E-state index in [1.54, 1.807) is 14.2 Å². The fourth-order valence-electron chi connectivity index (χ4n) is 3.88. The van der Waals surface area contributed by atoms with Crippen LogP contribution in [0.1, 0.15) is 24.0 Å². The largest absolute Gasteiger partial charge is 0.495 e. The normalized spacial score (nSPS) is 14.5. The summed E-state index contributed by atoms with van der Waals surface area (Å²) in [6.45, 7) is 2.24. The lowest BCUT2D eigenvalue weighted by Gasteiger charge is -2.32. The highest BCUT2D eigenvalue weighted by atomic mass is 35.5. The van der Waals surface area contributed by atoms with Crippen LogP contribution in [-0.4, -0.2) is 43.6 Å². The Morgan fingerprint density at radius 2 is 1.94 bits per heavy atom. The molecule has 0 saturated carbocycles. The molecule has 1 aliphatic rings. The van der Waals surface area contributed by atoms with Crippen molar-refractivity contribution in [3.05, 3.63) is 52.5 Å². The molecule has 8 heteroatoms. The third kappa shape index (κ3) is 4.50. The zero-order valence-corrected chi connectivity index (χ0v) is 18.3. The van der Waals surface area contributed by atoms with Gasteiger partial charge >= 0.3 is 0 Å². The monoisotopic (exact) mass is 437 g/mol. The standard InChI is InChI=1S/C23H24ClN5O2/c1-30-17-7-9-29(10-8-17)23-18-5-3-15(13-25)11-19(18)22(27-28-23)26-14-16-4-6-21(31-2)20(24)12-16/h3-6,11-12,17H,7-10,14H2,1-2H3,(H,26,27). The van der Waals surface area contributed by atoms with E-state index in [1.165, 1.54) is 0 Å². The predicted octanol–water partition coefficient (Wildman–Crippen LogP) is 4.39. The summed E-state index contributed by atoms with van der Waals surface area (Å²) in [7, 11) is 3.35. The Morgan fingerprint density at radius 1 is 1.13 bits per heavy atom. The zero-order valence-electron chi connectivity index (χ0n) is 17.6. The van der Waals surface area contributed by atoms with E-state index in [0.29, 0.717) is 28.7 Å². The van der Waals surface area contributed by atoms with Crippen molar-refractivity contribution >= 4 is 34.0 Å². The summed E-state index contributed by atoms with van der Waals surface area (Å²) in [6, 6.07) is 13.5. The fourth-order valence-corrected chi connectivity index (χ4v) is 4.16. The molecule has 4 rings (SSSR count). The minimum absolute atomic E-state index is 0.290. The van der Waals surface area contributed by atoms with Gasteiger partial charge in [0.05, 0.1) is 29.9 Å². The van der Waals surface area contributed by atoms with E-state index in [4.69, 9.17) is 21.1 Å².